The van der Waals surface area contributed by atoms with E-state index in [1.165, 1.54) is 6.08 Å². The number of allylic oxidation sites excluding steroid dienone is 1. The highest BCUT2D eigenvalue weighted by molar-refractivity contribution is 6.06. The molecule has 1 N–H and O–H groups in total. The average Bonchev–Trinajstić information content (AvgIpc) is 3.43. The van der Waals surface area contributed by atoms with Crippen molar-refractivity contribution in [3.05, 3.63) is 115 Å². The standard InChI is InChI=1S/C29H26N2O4/c1-2-34-28-20-22(11-17-27(28)35-21-29(33)30-24-8-4-3-5-9-24)10-16-26(32)23-12-14-25(15-13-23)31-18-6-7-19-31/h3-20H,2,21H2,1H3,(H,30,33)/b16-10+. The molecular weight excluding hydrogens is 440 g/mol. The number of hydrogen-bond donors (Lipinski definition) is 1. The number of para-hydroxylation sites is 1. The van der Waals surface area contributed by atoms with Gasteiger partial charge in [-0.2, -0.15) is 0 Å². The highest BCUT2D eigenvalue weighted by atomic mass is 16.5. The van der Waals surface area contributed by atoms with Crippen LogP contribution in [0.1, 0.15) is 22.8 Å². The molecule has 1 aromatic heterocycles. The minimum atomic E-state index is -0.268. The van der Waals surface area contributed by atoms with E-state index in [4.69, 9.17) is 9.47 Å². The van der Waals surface area contributed by atoms with E-state index >= 15 is 0 Å². The number of ketones is 1. The van der Waals surface area contributed by atoms with E-state index in [1.807, 2.05) is 96.7 Å². The lowest BCUT2D eigenvalue weighted by molar-refractivity contribution is -0.118. The predicted octanol–water partition coefficient (Wildman–Crippen LogP) is 5.79. The maximum atomic E-state index is 12.6. The molecule has 1 amide bonds. The molecule has 0 saturated carbocycles. The van der Waals surface area contributed by atoms with Crippen LogP contribution in [0.4, 0.5) is 5.69 Å². The molecule has 0 saturated heterocycles. The highest BCUT2D eigenvalue weighted by Crippen LogP contribution is 2.29. The molecule has 6 heteroatoms. The minimum Gasteiger partial charge on any atom is -0.490 e. The van der Waals surface area contributed by atoms with Crippen LogP contribution in [0.5, 0.6) is 11.5 Å². The molecule has 0 atom stereocenters. The van der Waals surface area contributed by atoms with E-state index in [1.54, 1.807) is 18.2 Å². The van der Waals surface area contributed by atoms with E-state index in [2.05, 4.69) is 5.32 Å². The lowest BCUT2D eigenvalue weighted by Gasteiger charge is -2.12. The Morgan fingerprint density at radius 3 is 2.31 bits per heavy atom. The molecule has 4 aromatic rings. The number of carbonyl (C=O) groups excluding carboxylic acids is 2. The number of ether oxygens (including phenoxy) is 2. The Bertz CT molecular complexity index is 1290. The number of hydrogen-bond acceptors (Lipinski definition) is 4. The van der Waals surface area contributed by atoms with Crippen LogP contribution in [0.2, 0.25) is 0 Å². The van der Waals surface area contributed by atoms with Crippen LogP contribution < -0.4 is 14.8 Å². The predicted molar refractivity (Wildman–Crippen MR) is 137 cm³/mol. The first-order chi connectivity index (χ1) is 17.1. The van der Waals surface area contributed by atoms with E-state index in [0.29, 0.717) is 29.4 Å². The molecule has 176 valence electrons. The normalized spacial score (nSPS) is 10.8. The molecule has 1 heterocycles. The largest absolute Gasteiger partial charge is 0.490 e. The quantitative estimate of drug-likeness (QED) is 0.237. The molecule has 3 aromatic carbocycles. The average molecular weight is 467 g/mol. The van der Waals surface area contributed by atoms with Gasteiger partial charge >= 0.3 is 0 Å². The fourth-order valence-electron chi connectivity index (χ4n) is 3.45. The second kappa shape index (κ2) is 11.5. The zero-order valence-corrected chi connectivity index (χ0v) is 19.4. The van der Waals surface area contributed by atoms with Crippen molar-refractivity contribution in [2.24, 2.45) is 0 Å². The van der Waals surface area contributed by atoms with E-state index in [9.17, 15) is 9.59 Å². The highest BCUT2D eigenvalue weighted by Gasteiger charge is 2.10. The molecule has 0 radical (unpaired) electrons. The Labute approximate surface area is 204 Å². The van der Waals surface area contributed by atoms with Crippen molar-refractivity contribution in [1.82, 2.24) is 4.57 Å². The zero-order chi connectivity index (χ0) is 24.5. The third-order valence-electron chi connectivity index (χ3n) is 5.17. The number of aromatic nitrogens is 1. The van der Waals surface area contributed by atoms with Crippen molar-refractivity contribution in [2.75, 3.05) is 18.5 Å². The second-order valence-electron chi connectivity index (χ2n) is 7.68. The summed E-state index contributed by atoms with van der Waals surface area (Å²) in [6.07, 6.45) is 7.17. The molecule has 0 bridgehead atoms. The first-order valence-electron chi connectivity index (χ1n) is 11.3. The summed E-state index contributed by atoms with van der Waals surface area (Å²) in [6, 6.07) is 25.9. The first kappa shape index (κ1) is 23.6. The molecule has 0 aliphatic carbocycles. The van der Waals surface area contributed by atoms with Crippen LogP contribution in [0.3, 0.4) is 0 Å². The second-order valence-corrected chi connectivity index (χ2v) is 7.68. The summed E-state index contributed by atoms with van der Waals surface area (Å²) in [4.78, 5) is 24.8. The molecule has 0 unspecified atom stereocenters. The molecule has 0 aliphatic heterocycles. The molecule has 6 nitrogen and oxygen atoms in total. The van der Waals surface area contributed by atoms with Gasteiger partial charge in [0.15, 0.2) is 23.9 Å². The number of rotatable bonds is 10. The Balaban J connectivity index is 1.39. The molecule has 0 aliphatic rings. The molecule has 0 fully saturated rings. The summed E-state index contributed by atoms with van der Waals surface area (Å²) >= 11 is 0. The van der Waals surface area contributed by atoms with Gasteiger partial charge in [-0.1, -0.05) is 30.3 Å². The Morgan fingerprint density at radius 1 is 0.857 bits per heavy atom. The summed E-state index contributed by atoms with van der Waals surface area (Å²) in [7, 11) is 0. The molecule has 0 spiro atoms. The fraction of sp³-hybridized carbons (Fsp3) is 0.103. The van der Waals surface area contributed by atoms with Gasteiger partial charge in [-0.25, -0.2) is 0 Å². The number of anilines is 1. The lowest BCUT2D eigenvalue weighted by Crippen LogP contribution is -2.20. The van der Waals surface area contributed by atoms with Crippen LogP contribution in [0.25, 0.3) is 11.8 Å². The van der Waals surface area contributed by atoms with Gasteiger partial charge in [0.25, 0.3) is 5.91 Å². The maximum Gasteiger partial charge on any atom is 0.262 e. The summed E-state index contributed by atoms with van der Waals surface area (Å²) in [6.45, 7) is 2.16. The van der Waals surface area contributed by atoms with Gasteiger partial charge < -0.3 is 19.4 Å². The van der Waals surface area contributed by atoms with Gasteiger partial charge in [0, 0.05) is 29.3 Å². The number of amides is 1. The monoisotopic (exact) mass is 466 g/mol. The number of carbonyl (C=O) groups is 2. The lowest BCUT2D eigenvalue weighted by atomic mass is 10.1. The van der Waals surface area contributed by atoms with Crippen LogP contribution in [0.15, 0.2) is 103 Å². The smallest absolute Gasteiger partial charge is 0.262 e. The number of benzene rings is 3. The maximum absolute atomic E-state index is 12.6. The van der Waals surface area contributed by atoms with Crippen molar-refractivity contribution in [3.8, 4) is 17.2 Å². The van der Waals surface area contributed by atoms with Crippen LogP contribution >= 0.6 is 0 Å². The SMILES string of the molecule is CCOc1cc(/C=C/C(=O)c2ccc(-n3cccc3)cc2)ccc1OCC(=O)Nc1ccccc1. The summed E-state index contributed by atoms with van der Waals surface area (Å²) in [5.74, 6) is 0.598. The van der Waals surface area contributed by atoms with Crippen molar-refractivity contribution in [1.29, 1.82) is 0 Å². The summed E-state index contributed by atoms with van der Waals surface area (Å²) < 4.78 is 13.4. The van der Waals surface area contributed by atoms with Crippen molar-refractivity contribution < 1.29 is 19.1 Å². The fourth-order valence-corrected chi connectivity index (χ4v) is 3.45. The van der Waals surface area contributed by atoms with Gasteiger partial charge in [0.05, 0.1) is 6.61 Å². The van der Waals surface area contributed by atoms with Gasteiger partial charge in [-0.05, 0) is 79.2 Å². The number of nitrogens with one attached hydrogen (secondary N) is 1. The van der Waals surface area contributed by atoms with Crippen LogP contribution in [-0.2, 0) is 4.79 Å². The summed E-state index contributed by atoms with van der Waals surface area (Å²) in [5, 5.41) is 2.78. The summed E-state index contributed by atoms with van der Waals surface area (Å²) in [5.41, 5.74) is 3.08. The third kappa shape index (κ3) is 6.48. The Hall–Kier alpha value is -4.58. The van der Waals surface area contributed by atoms with E-state index in [0.717, 1.165) is 11.3 Å². The zero-order valence-electron chi connectivity index (χ0n) is 19.4. The van der Waals surface area contributed by atoms with Gasteiger partial charge in [-0.15, -0.1) is 0 Å². The minimum absolute atomic E-state index is 0.0973. The van der Waals surface area contributed by atoms with Crippen molar-refractivity contribution >= 4 is 23.5 Å². The Kier molecular flexibility index (Phi) is 7.76. The van der Waals surface area contributed by atoms with Crippen LogP contribution in [0, 0.1) is 0 Å². The Morgan fingerprint density at radius 2 is 1.60 bits per heavy atom. The molecule has 35 heavy (non-hydrogen) atoms. The van der Waals surface area contributed by atoms with Crippen molar-refractivity contribution in [3.63, 3.8) is 0 Å². The number of nitrogens with zero attached hydrogens (tertiary/aromatic N) is 1. The molecule has 4 rings (SSSR count). The molecular formula is C29H26N2O4. The van der Waals surface area contributed by atoms with E-state index in [-0.39, 0.29) is 18.3 Å². The van der Waals surface area contributed by atoms with E-state index < -0.39 is 0 Å². The van der Waals surface area contributed by atoms with Gasteiger partial charge in [0.2, 0.25) is 0 Å². The first-order valence-corrected chi connectivity index (χ1v) is 11.3. The third-order valence-corrected chi connectivity index (χ3v) is 5.17. The van der Waals surface area contributed by atoms with Gasteiger partial charge in [0.1, 0.15) is 0 Å². The topological polar surface area (TPSA) is 69.6 Å². The van der Waals surface area contributed by atoms with Crippen LogP contribution in [-0.4, -0.2) is 29.5 Å². The van der Waals surface area contributed by atoms with Crippen molar-refractivity contribution in [2.45, 2.75) is 6.92 Å². The van der Waals surface area contributed by atoms with Gasteiger partial charge in [-0.3, -0.25) is 9.59 Å².